The molecule has 0 spiro atoms. The van der Waals surface area contributed by atoms with Crippen molar-refractivity contribution in [3.63, 3.8) is 0 Å². The van der Waals surface area contributed by atoms with E-state index in [2.05, 4.69) is 5.32 Å². The van der Waals surface area contributed by atoms with Crippen LogP contribution in [0.1, 0.15) is 25.7 Å². The zero-order chi connectivity index (χ0) is 14.8. The number of carboxylic acids is 1. The molecule has 4 nitrogen and oxygen atoms in total. The number of rotatable bonds is 4. The second-order valence-corrected chi connectivity index (χ2v) is 5.05. The number of aliphatic carboxylic acids is 1. The maximum Gasteiger partial charge on any atom is 0.324 e. The van der Waals surface area contributed by atoms with Gasteiger partial charge in [0.05, 0.1) is 0 Å². The molecule has 110 valence electrons. The minimum Gasteiger partial charge on any atom is -0.487 e. The lowest BCUT2D eigenvalue weighted by molar-refractivity contribution is -0.147. The van der Waals surface area contributed by atoms with Gasteiger partial charge in [-0.25, -0.2) is 8.78 Å². The first-order valence-electron chi connectivity index (χ1n) is 6.51. The Morgan fingerprint density at radius 3 is 2.90 bits per heavy atom. The third kappa shape index (κ3) is 2.90. The largest absolute Gasteiger partial charge is 0.487 e. The van der Waals surface area contributed by atoms with Gasteiger partial charge in [-0.15, -0.1) is 0 Å². The van der Waals surface area contributed by atoms with E-state index in [1.807, 2.05) is 0 Å². The summed E-state index contributed by atoms with van der Waals surface area (Å²) in [6.45, 7) is 0. The van der Waals surface area contributed by atoms with Crippen LogP contribution >= 0.6 is 0 Å². The maximum atomic E-state index is 13.5. The van der Waals surface area contributed by atoms with Gasteiger partial charge in [-0.1, -0.05) is 0 Å². The van der Waals surface area contributed by atoms with Gasteiger partial charge in [0.15, 0.2) is 11.6 Å². The van der Waals surface area contributed by atoms with Crippen molar-refractivity contribution in [2.75, 3.05) is 7.05 Å². The number of hydrogen-bond acceptors (Lipinski definition) is 3. The van der Waals surface area contributed by atoms with E-state index in [4.69, 9.17) is 4.74 Å². The van der Waals surface area contributed by atoms with E-state index in [1.54, 1.807) is 7.05 Å². The lowest BCUT2D eigenvalue weighted by atomic mass is 9.80. The van der Waals surface area contributed by atoms with Gasteiger partial charge in [0, 0.05) is 12.5 Å². The van der Waals surface area contributed by atoms with Gasteiger partial charge in [-0.2, -0.15) is 0 Å². The Morgan fingerprint density at radius 1 is 1.50 bits per heavy atom. The number of ether oxygens (including phenoxy) is 1. The predicted octanol–water partition coefficient (Wildman–Crippen LogP) is 2.33. The molecule has 1 aliphatic rings. The molecule has 1 aromatic rings. The van der Waals surface area contributed by atoms with Crippen molar-refractivity contribution in [2.24, 2.45) is 0 Å². The Labute approximate surface area is 115 Å². The van der Waals surface area contributed by atoms with Gasteiger partial charge in [-0.3, -0.25) is 4.79 Å². The fraction of sp³-hybridized carbons (Fsp3) is 0.500. The van der Waals surface area contributed by atoms with Crippen LogP contribution in [0.15, 0.2) is 18.2 Å². The molecule has 0 heterocycles. The molecule has 0 bridgehead atoms. The highest BCUT2D eigenvalue weighted by Gasteiger charge is 2.42. The normalized spacial score (nSPS) is 26.2. The van der Waals surface area contributed by atoms with Crippen molar-refractivity contribution < 1.29 is 23.4 Å². The highest BCUT2D eigenvalue weighted by atomic mass is 19.1. The third-order valence-electron chi connectivity index (χ3n) is 3.78. The number of benzene rings is 1. The van der Waals surface area contributed by atoms with E-state index < -0.39 is 29.2 Å². The van der Waals surface area contributed by atoms with Crippen LogP contribution in [0.3, 0.4) is 0 Å². The molecule has 0 saturated heterocycles. The van der Waals surface area contributed by atoms with Gasteiger partial charge in [0.25, 0.3) is 0 Å². The molecule has 1 aromatic carbocycles. The van der Waals surface area contributed by atoms with Gasteiger partial charge < -0.3 is 15.2 Å². The van der Waals surface area contributed by atoms with E-state index in [0.29, 0.717) is 19.3 Å². The maximum absolute atomic E-state index is 13.5. The first kappa shape index (κ1) is 14.7. The second-order valence-electron chi connectivity index (χ2n) is 5.05. The van der Waals surface area contributed by atoms with Crippen molar-refractivity contribution in [2.45, 2.75) is 37.3 Å². The monoisotopic (exact) mass is 285 g/mol. The average molecular weight is 285 g/mol. The number of hydrogen-bond donors (Lipinski definition) is 2. The highest BCUT2D eigenvalue weighted by Crippen LogP contribution is 2.32. The fourth-order valence-electron chi connectivity index (χ4n) is 2.60. The lowest BCUT2D eigenvalue weighted by Gasteiger charge is -2.37. The van der Waals surface area contributed by atoms with Gasteiger partial charge in [0.1, 0.15) is 17.5 Å². The Morgan fingerprint density at radius 2 is 2.25 bits per heavy atom. The van der Waals surface area contributed by atoms with Crippen LogP contribution in [0.4, 0.5) is 8.78 Å². The van der Waals surface area contributed by atoms with Crippen molar-refractivity contribution in [3.8, 4) is 5.75 Å². The Hall–Kier alpha value is -1.69. The van der Waals surface area contributed by atoms with Gasteiger partial charge in [0.2, 0.25) is 0 Å². The van der Waals surface area contributed by atoms with Crippen molar-refractivity contribution in [3.05, 3.63) is 29.8 Å². The molecule has 0 radical (unpaired) electrons. The Bertz CT molecular complexity index is 509. The average Bonchev–Trinajstić information content (AvgIpc) is 2.43. The summed E-state index contributed by atoms with van der Waals surface area (Å²) < 4.78 is 32.1. The molecule has 1 aliphatic carbocycles. The standard InChI is InChI=1S/C14H17F2NO3/c1-17-14(13(18)19)6-2-3-10(8-14)20-12-7-9(15)4-5-11(12)16/h4-5,7,10,17H,2-3,6,8H2,1H3,(H,18,19). The summed E-state index contributed by atoms with van der Waals surface area (Å²) in [5, 5.41) is 12.1. The minimum atomic E-state index is -1.06. The van der Waals surface area contributed by atoms with E-state index in [1.165, 1.54) is 0 Å². The van der Waals surface area contributed by atoms with Crippen LogP contribution in [-0.2, 0) is 4.79 Å². The second kappa shape index (κ2) is 5.75. The number of nitrogens with one attached hydrogen (secondary N) is 1. The molecule has 2 rings (SSSR count). The van der Waals surface area contributed by atoms with Crippen LogP contribution in [-0.4, -0.2) is 29.8 Å². The summed E-state index contributed by atoms with van der Waals surface area (Å²) in [4.78, 5) is 11.4. The quantitative estimate of drug-likeness (QED) is 0.891. The molecule has 1 saturated carbocycles. The summed E-state index contributed by atoms with van der Waals surface area (Å²) >= 11 is 0. The molecule has 2 N–H and O–H groups in total. The zero-order valence-corrected chi connectivity index (χ0v) is 11.2. The topological polar surface area (TPSA) is 58.6 Å². The van der Waals surface area contributed by atoms with Crippen LogP contribution in [0.5, 0.6) is 5.75 Å². The predicted molar refractivity (Wildman–Crippen MR) is 68.7 cm³/mol. The number of carbonyl (C=O) groups is 1. The molecular formula is C14H17F2NO3. The number of likely N-dealkylation sites (N-methyl/N-ethyl adjacent to an activating group) is 1. The first-order chi connectivity index (χ1) is 9.47. The molecule has 2 atom stereocenters. The Kier molecular flexibility index (Phi) is 4.23. The van der Waals surface area contributed by atoms with Crippen LogP contribution in [0.25, 0.3) is 0 Å². The SMILES string of the molecule is CNC1(C(=O)O)CCCC(Oc2cc(F)ccc2F)C1. The lowest BCUT2D eigenvalue weighted by Crippen LogP contribution is -2.55. The smallest absolute Gasteiger partial charge is 0.324 e. The van der Waals surface area contributed by atoms with E-state index in [0.717, 1.165) is 18.2 Å². The summed E-state index contributed by atoms with van der Waals surface area (Å²) in [6.07, 6.45) is 1.52. The fourth-order valence-corrected chi connectivity index (χ4v) is 2.60. The molecule has 20 heavy (non-hydrogen) atoms. The minimum absolute atomic E-state index is 0.174. The summed E-state index contributed by atoms with van der Waals surface area (Å²) in [5.41, 5.74) is -1.06. The molecule has 0 amide bonds. The van der Waals surface area contributed by atoms with E-state index in [9.17, 15) is 18.7 Å². The molecule has 0 aromatic heterocycles. The summed E-state index contributed by atoms with van der Waals surface area (Å²) in [6, 6.07) is 2.99. The van der Waals surface area contributed by atoms with Gasteiger partial charge >= 0.3 is 5.97 Å². The first-order valence-corrected chi connectivity index (χ1v) is 6.51. The molecule has 6 heteroatoms. The Balaban J connectivity index is 2.13. The summed E-state index contributed by atoms with van der Waals surface area (Å²) in [5.74, 6) is -2.36. The molecule has 2 unspecified atom stereocenters. The van der Waals surface area contributed by atoms with Crippen LogP contribution in [0, 0.1) is 11.6 Å². The third-order valence-corrected chi connectivity index (χ3v) is 3.78. The number of halogens is 2. The van der Waals surface area contributed by atoms with Crippen LogP contribution < -0.4 is 10.1 Å². The molecular weight excluding hydrogens is 268 g/mol. The van der Waals surface area contributed by atoms with E-state index >= 15 is 0 Å². The van der Waals surface area contributed by atoms with Crippen molar-refractivity contribution in [1.82, 2.24) is 5.32 Å². The highest BCUT2D eigenvalue weighted by molar-refractivity contribution is 5.79. The van der Waals surface area contributed by atoms with Gasteiger partial charge in [-0.05, 0) is 38.4 Å². The van der Waals surface area contributed by atoms with Crippen LogP contribution in [0.2, 0.25) is 0 Å². The molecule has 0 aliphatic heterocycles. The van der Waals surface area contributed by atoms with Crippen molar-refractivity contribution >= 4 is 5.97 Å². The molecule has 1 fully saturated rings. The number of carboxylic acid groups (broad SMARTS) is 1. The zero-order valence-electron chi connectivity index (χ0n) is 11.2. The summed E-state index contributed by atoms with van der Waals surface area (Å²) in [7, 11) is 1.58. The van der Waals surface area contributed by atoms with Crippen molar-refractivity contribution in [1.29, 1.82) is 0 Å². The van der Waals surface area contributed by atoms with E-state index in [-0.39, 0.29) is 12.2 Å².